The highest BCUT2D eigenvalue weighted by Crippen LogP contribution is 2.29. The normalized spacial score (nSPS) is 21.3. The number of aliphatic hydroxyl groups is 1. The predicted octanol–water partition coefficient (Wildman–Crippen LogP) is 2.62. The van der Waals surface area contributed by atoms with Gasteiger partial charge in [0, 0.05) is 36.9 Å². The van der Waals surface area contributed by atoms with Crippen LogP contribution in [0, 0.1) is 0 Å². The average Bonchev–Trinajstić information content (AvgIpc) is 2.40. The Labute approximate surface area is 123 Å². The van der Waals surface area contributed by atoms with Crippen LogP contribution in [0.5, 0.6) is 0 Å². The molecule has 0 radical (unpaired) electrons. The highest BCUT2D eigenvalue weighted by Gasteiger charge is 2.23. The van der Waals surface area contributed by atoms with E-state index in [4.69, 9.17) is 0 Å². The number of aliphatic hydroxyl groups excluding tert-OH is 1. The molecule has 112 valence electrons. The fourth-order valence-corrected chi connectivity index (χ4v) is 2.75. The lowest BCUT2D eigenvalue weighted by Crippen LogP contribution is -2.50. The maximum atomic E-state index is 9.72. The minimum absolute atomic E-state index is 0.111. The molecule has 1 atom stereocenters. The van der Waals surface area contributed by atoms with E-state index in [1.807, 2.05) is 0 Å². The molecule has 0 saturated carbocycles. The molecule has 1 heterocycles. The number of likely N-dealkylation sites (N-methyl/N-ethyl adjacent to an activating group) is 1. The van der Waals surface area contributed by atoms with Gasteiger partial charge in [-0.25, -0.2) is 0 Å². The second-order valence-electron chi connectivity index (χ2n) is 7.03. The van der Waals surface area contributed by atoms with E-state index >= 15 is 0 Å². The summed E-state index contributed by atoms with van der Waals surface area (Å²) in [5, 5.41) is 9.72. The van der Waals surface area contributed by atoms with Gasteiger partial charge in [-0.15, -0.1) is 0 Å². The molecule has 0 aliphatic carbocycles. The molecule has 1 fully saturated rings. The van der Waals surface area contributed by atoms with Crippen molar-refractivity contribution < 1.29 is 5.11 Å². The number of anilines is 1. The van der Waals surface area contributed by atoms with Gasteiger partial charge in [0.05, 0.1) is 6.61 Å². The molecule has 2 rings (SSSR count). The Morgan fingerprint density at radius 3 is 2.50 bits per heavy atom. The van der Waals surface area contributed by atoms with Crippen LogP contribution in [-0.4, -0.2) is 42.7 Å². The van der Waals surface area contributed by atoms with Crippen molar-refractivity contribution in [1.82, 2.24) is 4.90 Å². The topological polar surface area (TPSA) is 26.7 Å². The largest absolute Gasteiger partial charge is 0.392 e. The van der Waals surface area contributed by atoms with E-state index in [1.165, 1.54) is 11.3 Å². The van der Waals surface area contributed by atoms with E-state index < -0.39 is 0 Å². The van der Waals surface area contributed by atoms with Crippen molar-refractivity contribution in [1.29, 1.82) is 0 Å². The minimum atomic E-state index is 0.111. The van der Waals surface area contributed by atoms with Crippen molar-refractivity contribution in [2.24, 2.45) is 0 Å². The molecule has 1 aromatic carbocycles. The fourth-order valence-electron chi connectivity index (χ4n) is 2.75. The summed E-state index contributed by atoms with van der Waals surface area (Å²) in [6, 6.07) is 7.11. The summed E-state index contributed by atoms with van der Waals surface area (Å²) >= 11 is 0. The molecule has 0 amide bonds. The summed E-state index contributed by atoms with van der Waals surface area (Å²) in [4.78, 5) is 4.79. The SMILES string of the molecule is C[C@@H]1CN(c2ccc(C(C)(C)C)cc2CO)CCN1C. The molecule has 3 heteroatoms. The Bertz CT molecular complexity index is 465. The third-order valence-electron chi connectivity index (χ3n) is 4.42. The quantitative estimate of drug-likeness (QED) is 0.899. The van der Waals surface area contributed by atoms with E-state index in [0.717, 1.165) is 25.2 Å². The van der Waals surface area contributed by atoms with Gasteiger partial charge >= 0.3 is 0 Å². The predicted molar refractivity (Wildman–Crippen MR) is 85.4 cm³/mol. The van der Waals surface area contributed by atoms with E-state index in [2.05, 4.69) is 62.7 Å². The summed E-state index contributed by atoms with van der Waals surface area (Å²) in [5.74, 6) is 0. The molecule has 0 bridgehead atoms. The Kier molecular flexibility index (Phi) is 4.40. The molecule has 3 nitrogen and oxygen atoms in total. The molecular weight excluding hydrogens is 248 g/mol. The Morgan fingerprint density at radius 2 is 1.95 bits per heavy atom. The molecule has 0 spiro atoms. The van der Waals surface area contributed by atoms with Crippen molar-refractivity contribution >= 4 is 5.69 Å². The van der Waals surface area contributed by atoms with Crippen LogP contribution in [0.1, 0.15) is 38.8 Å². The van der Waals surface area contributed by atoms with Crippen molar-refractivity contribution in [3.8, 4) is 0 Å². The smallest absolute Gasteiger partial charge is 0.0702 e. The van der Waals surface area contributed by atoms with Crippen LogP contribution in [0.2, 0.25) is 0 Å². The van der Waals surface area contributed by atoms with Crippen LogP contribution < -0.4 is 4.90 Å². The monoisotopic (exact) mass is 276 g/mol. The first-order valence-electron chi connectivity index (χ1n) is 7.52. The van der Waals surface area contributed by atoms with Crippen molar-refractivity contribution in [3.05, 3.63) is 29.3 Å². The first-order valence-corrected chi connectivity index (χ1v) is 7.52. The van der Waals surface area contributed by atoms with Gasteiger partial charge in [0.2, 0.25) is 0 Å². The summed E-state index contributed by atoms with van der Waals surface area (Å²) < 4.78 is 0. The molecule has 0 aromatic heterocycles. The zero-order valence-corrected chi connectivity index (χ0v) is 13.5. The molecule has 1 aliphatic rings. The number of piperazine rings is 1. The van der Waals surface area contributed by atoms with Crippen LogP contribution in [0.15, 0.2) is 18.2 Å². The first-order chi connectivity index (χ1) is 9.32. The van der Waals surface area contributed by atoms with Crippen LogP contribution in [0.3, 0.4) is 0 Å². The average molecular weight is 276 g/mol. The Hall–Kier alpha value is -1.06. The molecule has 1 aliphatic heterocycles. The van der Waals surface area contributed by atoms with Gasteiger partial charge < -0.3 is 14.9 Å². The van der Waals surface area contributed by atoms with Gasteiger partial charge in [0.25, 0.3) is 0 Å². The van der Waals surface area contributed by atoms with Crippen molar-refractivity contribution in [2.75, 3.05) is 31.6 Å². The third kappa shape index (κ3) is 3.15. The number of hydrogen-bond donors (Lipinski definition) is 1. The summed E-state index contributed by atoms with van der Waals surface area (Å²) in [6.45, 7) is 12.1. The van der Waals surface area contributed by atoms with Gasteiger partial charge in [0.15, 0.2) is 0 Å². The van der Waals surface area contributed by atoms with Gasteiger partial charge in [0.1, 0.15) is 0 Å². The zero-order valence-electron chi connectivity index (χ0n) is 13.5. The Balaban J connectivity index is 2.28. The van der Waals surface area contributed by atoms with E-state index in [9.17, 15) is 5.11 Å². The van der Waals surface area contributed by atoms with E-state index in [0.29, 0.717) is 6.04 Å². The second-order valence-corrected chi connectivity index (χ2v) is 7.03. The van der Waals surface area contributed by atoms with Gasteiger partial charge in [-0.2, -0.15) is 0 Å². The molecule has 0 unspecified atom stereocenters. The second kappa shape index (κ2) is 5.74. The number of benzene rings is 1. The molecule has 1 N–H and O–H groups in total. The molecule has 20 heavy (non-hydrogen) atoms. The zero-order chi connectivity index (χ0) is 14.9. The minimum Gasteiger partial charge on any atom is -0.392 e. The lowest BCUT2D eigenvalue weighted by molar-refractivity contribution is 0.233. The summed E-state index contributed by atoms with van der Waals surface area (Å²) in [5.41, 5.74) is 3.65. The van der Waals surface area contributed by atoms with E-state index in [1.54, 1.807) is 0 Å². The maximum absolute atomic E-state index is 9.72. The highest BCUT2D eigenvalue weighted by atomic mass is 16.3. The molecular formula is C17H28N2O. The highest BCUT2D eigenvalue weighted by molar-refractivity contribution is 5.56. The van der Waals surface area contributed by atoms with Crippen molar-refractivity contribution in [2.45, 2.75) is 45.8 Å². The van der Waals surface area contributed by atoms with Crippen LogP contribution >= 0.6 is 0 Å². The first kappa shape index (κ1) is 15.3. The van der Waals surface area contributed by atoms with Gasteiger partial charge in [-0.05, 0) is 31.0 Å². The number of hydrogen-bond acceptors (Lipinski definition) is 3. The van der Waals surface area contributed by atoms with Crippen molar-refractivity contribution in [3.63, 3.8) is 0 Å². The van der Waals surface area contributed by atoms with Gasteiger partial charge in [-0.1, -0.05) is 32.9 Å². The van der Waals surface area contributed by atoms with E-state index in [-0.39, 0.29) is 12.0 Å². The number of rotatable bonds is 2. The summed E-state index contributed by atoms with van der Waals surface area (Å²) in [6.07, 6.45) is 0. The summed E-state index contributed by atoms with van der Waals surface area (Å²) in [7, 11) is 2.18. The van der Waals surface area contributed by atoms with Gasteiger partial charge in [-0.3, -0.25) is 0 Å². The van der Waals surface area contributed by atoms with Crippen LogP contribution in [0.4, 0.5) is 5.69 Å². The third-order valence-corrected chi connectivity index (χ3v) is 4.42. The maximum Gasteiger partial charge on any atom is 0.0702 e. The number of nitrogens with zero attached hydrogens (tertiary/aromatic N) is 2. The lowest BCUT2D eigenvalue weighted by Gasteiger charge is -2.40. The lowest BCUT2D eigenvalue weighted by atomic mass is 9.86. The Morgan fingerprint density at radius 1 is 1.25 bits per heavy atom. The molecule has 1 aromatic rings. The van der Waals surface area contributed by atoms with Crippen LogP contribution in [-0.2, 0) is 12.0 Å². The molecule has 1 saturated heterocycles. The van der Waals surface area contributed by atoms with Crippen LogP contribution in [0.25, 0.3) is 0 Å². The fraction of sp³-hybridized carbons (Fsp3) is 0.647. The standard InChI is InChI=1S/C17H28N2O/c1-13-11-19(9-8-18(13)5)16-7-6-15(17(2,3)4)10-14(16)12-20/h6-7,10,13,20H,8-9,11-12H2,1-5H3/t13-/m1/s1.